The molecule has 3 nitrogen and oxygen atoms in total. The summed E-state index contributed by atoms with van der Waals surface area (Å²) in [6, 6.07) is 0. The lowest BCUT2D eigenvalue weighted by Gasteiger charge is -2.44. The van der Waals surface area contributed by atoms with Crippen LogP contribution in [0.25, 0.3) is 0 Å². The molecule has 100 valence electrons. The van der Waals surface area contributed by atoms with Crippen molar-refractivity contribution in [1.82, 2.24) is 4.90 Å². The molecule has 1 heterocycles. The predicted octanol–water partition coefficient (Wildman–Crippen LogP) is 2.86. The standard InChI is InChI=1S/C14H27NO2/c1-11(2)5-7-15-8-6-12(9-13(16)17)14(3,4)10-15/h11-12H,5-10H2,1-4H3,(H,16,17). The molecule has 1 saturated heterocycles. The number of carboxylic acids is 1. The summed E-state index contributed by atoms with van der Waals surface area (Å²) in [5.74, 6) is 0.420. The van der Waals surface area contributed by atoms with E-state index in [2.05, 4.69) is 32.6 Å². The number of carbonyl (C=O) groups is 1. The summed E-state index contributed by atoms with van der Waals surface area (Å²) in [7, 11) is 0. The van der Waals surface area contributed by atoms with Crippen LogP contribution in [-0.2, 0) is 4.79 Å². The van der Waals surface area contributed by atoms with Crippen LogP contribution in [0.2, 0.25) is 0 Å². The first kappa shape index (κ1) is 14.5. The van der Waals surface area contributed by atoms with Crippen molar-refractivity contribution in [2.24, 2.45) is 17.3 Å². The number of aliphatic carboxylic acids is 1. The van der Waals surface area contributed by atoms with Crippen LogP contribution in [0.3, 0.4) is 0 Å². The van der Waals surface area contributed by atoms with Crippen LogP contribution in [0.5, 0.6) is 0 Å². The summed E-state index contributed by atoms with van der Waals surface area (Å²) in [5.41, 5.74) is 0.133. The molecule has 1 N–H and O–H groups in total. The minimum Gasteiger partial charge on any atom is -0.481 e. The Hall–Kier alpha value is -0.570. The van der Waals surface area contributed by atoms with Crippen molar-refractivity contribution < 1.29 is 9.90 Å². The highest BCUT2D eigenvalue weighted by atomic mass is 16.4. The van der Waals surface area contributed by atoms with Crippen LogP contribution in [0.1, 0.15) is 47.0 Å². The van der Waals surface area contributed by atoms with Gasteiger partial charge >= 0.3 is 5.97 Å². The van der Waals surface area contributed by atoms with Crippen LogP contribution in [0.15, 0.2) is 0 Å². The van der Waals surface area contributed by atoms with Crippen molar-refractivity contribution in [3.63, 3.8) is 0 Å². The Morgan fingerprint density at radius 2 is 2.12 bits per heavy atom. The lowest BCUT2D eigenvalue weighted by atomic mass is 9.72. The SMILES string of the molecule is CC(C)CCN1CCC(CC(=O)O)C(C)(C)C1. The Labute approximate surface area is 105 Å². The highest BCUT2D eigenvalue weighted by Crippen LogP contribution is 2.37. The van der Waals surface area contributed by atoms with Gasteiger partial charge in [0.05, 0.1) is 0 Å². The second-order valence-electron chi connectivity index (χ2n) is 6.53. The fourth-order valence-corrected chi connectivity index (χ4v) is 2.73. The third-order valence-corrected chi connectivity index (χ3v) is 3.97. The molecule has 0 radical (unpaired) electrons. The molecule has 1 unspecified atom stereocenters. The number of piperidine rings is 1. The van der Waals surface area contributed by atoms with E-state index in [1.54, 1.807) is 0 Å². The van der Waals surface area contributed by atoms with Gasteiger partial charge in [0.1, 0.15) is 0 Å². The molecule has 1 rings (SSSR count). The highest BCUT2D eigenvalue weighted by Gasteiger charge is 2.36. The molecule has 1 aliphatic heterocycles. The zero-order chi connectivity index (χ0) is 13.1. The molecule has 3 heteroatoms. The Morgan fingerprint density at radius 3 is 2.59 bits per heavy atom. The number of hydrogen-bond donors (Lipinski definition) is 1. The summed E-state index contributed by atoms with van der Waals surface area (Å²) >= 11 is 0. The van der Waals surface area contributed by atoms with Crippen molar-refractivity contribution in [2.75, 3.05) is 19.6 Å². The van der Waals surface area contributed by atoms with E-state index in [0.29, 0.717) is 12.3 Å². The maximum absolute atomic E-state index is 10.8. The molecule has 0 aromatic rings. The Kier molecular flexibility index (Phi) is 4.99. The quantitative estimate of drug-likeness (QED) is 0.804. The van der Waals surface area contributed by atoms with E-state index in [4.69, 9.17) is 5.11 Å². The molecule has 17 heavy (non-hydrogen) atoms. The lowest BCUT2D eigenvalue weighted by molar-refractivity contribution is -0.140. The topological polar surface area (TPSA) is 40.5 Å². The number of hydrogen-bond acceptors (Lipinski definition) is 2. The molecule has 1 atom stereocenters. The van der Waals surface area contributed by atoms with E-state index in [9.17, 15) is 4.79 Å². The van der Waals surface area contributed by atoms with Crippen molar-refractivity contribution in [3.8, 4) is 0 Å². The van der Waals surface area contributed by atoms with Gasteiger partial charge in [0.2, 0.25) is 0 Å². The molecular formula is C14H27NO2. The zero-order valence-corrected chi connectivity index (χ0v) is 11.7. The molecule has 0 aliphatic carbocycles. The number of nitrogens with zero attached hydrogens (tertiary/aromatic N) is 1. The van der Waals surface area contributed by atoms with Gasteiger partial charge in [-0.05, 0) is 43.2 Å². The third kappa shape index (κ3) is 4.66. The fourth-order valence-electron chi connectivity index (χ4n) is 2.73. The van der Waals surface area contributed by atoms with Crippen molar-refractivity contribution in [1.29, 1.82) is 0 Å². The third-order valence-electron chi connectivity index (χ3n) is 3.97. The van der Waals surface area contributed by atoms with Crippen molar-refractivity contribution >= 4 is 5.97 Å². The summed E-state index contributed by atoms with van der Waals surface area (Å²) < 4.78 is 0. The Bertz CT molecular complexity index is 261. The average molecular weight is 241 g/mol. The number of likely N-dealkylation sites (tertiary alicyclic amines) is 1. The van der Waals surface area contributed by atoms with E-state index in [-0.39, 0.29) is 5.41 Å². The maximum atomic E-state index is 10.8. The van der Waals surface area contributed by atoms with Gasteiger partial charge < -0.3 is 10.0 Å². The molecule has 0 amide bonds. The number of carboxylic acid groups (broad SMARTS) is 1. The van der Waals surface area contributed by atoms with Crippen LogP contribution in [-0.4, -0.2) is 35.6 Å². The van der Waals surface area contributed by atoms with Gasteiger partial charge in [-0.15, -0.1) is 0 Å². The first-order valence-electron chi connectivity index (χ1n) is 6.75. The summed E-state index contributed by atoms with van der Waals surface area (Å²) in [5, 5.41) is 8.93. The van der Waals surface area contributed by atoms with Gasteiger partial charge in [0, 0.05) is 13.0 Å². The first-order valence-corrected chi connectivity index (χ1v) is 6.75. The molecular weight excluding hydrogens is 214 g/mol. The minimum atomic E-state index is -0.654. The monoisotopic (exact) mass is 241 g/mol. The predicted molar refractivity (Wildman–Crippen MR) is 70.0 cm³/mol. The van der Waals surface area contributed by atoms with Crippen LogP contribution in [0, 0.1) is 17.3 Å². The normalized spacial score (nSPS) is 25.1. The molecule has 0 saturated carbocycles. The van der Waals surface area contributed by atoms with Crippen LogP contribution >= 0.6 is 0 Å². The molecule has 0 aromatic heterocycles. The van der Waals surface area contributed by atoms with Gasteiger partial charge in [-0.3, -0.25) is 4.79 Å². The van der Waals surface area contributed by atoms with Gasteiger partial charge in [0.15, 0.2) is 0 Å². The van der Waals surface area contributed by atoms with E-state index in [1.807, 2.05) is 0 Å². The Balaban J connectivity index is 2.47. The van der Waals surface area contributed by atoms with Gasteiger partial charge in [-0.1, -0.05) is 27.7 Å². The molecule has 0 aromatic carbocycles. The summed E-state index contributed by atoms with van der Waals surface area (Å²) in [6.45, 7) is 12.2. The van der Waals surface area contributed by atoms with Crippen molar-refractivity contribution in [2.45, 2.75) is 47.0 Å². The van der Waals surface area contributed by atoms with E-state index < -0.39 is 5.97 Å². The van der Waals surface area contributed by atoms with Crippen LogP contribution < -0.4 is 0 Å². The van der Waals surface area contributed by atoms with E-state index >= 15 is 0 Å². The van der Waals surface area contributed by atoms with Crippen LogP contribution in [0.4, 0.5) is 0 Å². The first-order chi connectivity index (χ1) is 7.81. The van der Waals surface area contributed by atoms with Gasteiger partial charge in [0.25, 0.3) is 0 Å². The fraction of sp³-hybridized carbons (Fsp3) is 0.929. The lowest BCUT2D eigenvalue weighted by Crippen LogP contribution is -2.46. The largest absolute Gasteiger partial charge is 0.481 e. The minimum absolute atomic E-state index is 0.133. The molecule has 0 spiro atoms. The molecule has 1 aliphatic rings. The second-order valence-corrected chi connectivity index (χ2v) is 6.53. The molecule has 1 fully saturated rings. The average Bonchev–Trinajstić information content (AvgIpc) is 2.17. The zero-order valence-electron chi connectivity index (χ0n) is 11.7. The van der Waals surface area contributed by atoms with Gasteiger partial charge in [-0.25, -0.2) is 0 Å². The molecule has 0 bridgehead atoms. The summed E-state index contributed by atoms with van der Waals surface area (Å²) in [4.78, 5) is 13.3. The van der Waals surface area contributed by atoms with Crippen molar-refractivity contribution in [3.05, 3.63) is 0 Å². The smallest absolute Gasteiger partial charge is 0.303 e. The van der Waals surface area contributed by atoms with E-state index in [0.717, 1.165) is 32.0 Å². The second kappa shape index (κ2) is 5.85. The number of rotatable bonds is 5. The van der Waals surface area contributed by atoms with E-state index in [1.165, 1.54) is 6.42 Å². The maximum Gasteiger partial charge on any atom is 0.303 e. The summed E-state index contributed by atoms with van der Waals surface area (Å²) in [6.07, 6.45) is 2.59. The highest BCUT2D eigenvalue weighted by molar-refractivity contribution is 5.67. The van der Waals surface area contributed by atoms with Gasteiger partial charge in [-0.2, -0.15) is 0 Å². The Morgan fingerprint density at radius 1 is 1.47 bits per heavy atom.